The zero-order chi connectivity index (χ0) is 21.4. The lowest BCUT2D eigenvalue weighted by Crippen LogP contribution is -2.44. The van der Waals surface area contributed by atoms with Crippen molar-refractivity contribution in [3.63, 3.8) is 0 Å². The normalized spacial score (nSPS) is 19.7. The summed E-state index contributed by atoms with van der Waals surface area (Å²) in [5.41, 5.74) is 1.21. The fraction of sp³-hybridized carbons (Fsp3) is 0.158. The maximum Gasteiger partial charge on any atom is 0.287 e. The van der Waals surface area contributed by atoms with E-state index in [0.717, 1.165) is 6.26 Å². The van der Waals surface area contributed by atoms with E-state index in [9.17, 15) is 8.42 Å². The van der Waals surface area contributed by atoms with Gasteiger partial charge in [0.05, 0.1) is 31.5 Å². The molecule has 1 N–H and O–H groups in total. The highest BCUT2D eigenvalue weighted by molar-refractivity contribution is 7.90. The number of amidine groups is 1. The number of benzene rings is 1. The quantitative estimate of drug-likeness (QED) is 0.732. The lowest BCUT2D eigenvalue weighted by atomic mass is 10.3. The molecule has 0 fully saturated rings. The number of nitrogens with one attached hydrogen (secondary N) is 1. The summed E-state index contributed by atoms with van der Waals surface area (Å²) in [5.74, 6) is 1.97. The van der Waals surface area contributed by atoms with Gasteiger partial charge in [-0.1, -0.05) is 4.59 Å². The van der Waals surface area contributed by atoms with Crippen molar-refractivity contribution in [3.05, 3.63) is 49.1 Å². The molecular formula is C19H19N6O4S+. The van der Waals surface area contributed by atoms with E-state index in [2.05, 4.69) is 25.4 Å². The average Bonchev–Trinajstić information content (AvgIpc) is 3.12. The van der Waals surface area contributed by atoms with Crippen LogP contribution in [0.5, 0.6) is 11.5 Å². The molecule has 2 aromatic rings. The van der Waals surface area contributed by atoms with Crippen LogP contribution in [0.3, 0.4) is 0 Å². The average molecular weight is 427 g/mol. The van der Waals surface area contributed by atoms with Crippen LogP contribution in [0.2, 0.25) is 0 Å². The number of guanidine groups is 1. The van der Waals surface area contributed by atoms with Gasteiger partial charge < -0.3 is 14.8 Å². The highest BCUT2D eigenvalue weighted by Crippen LogP contribution is 2.33. The molecule has 10 nitrogen and oxygen atoms in total. The molecule has 154 valence electrons. The smallest absolute Gasteiger partial charge is 0.287 e. The monoisotopic (exact) mass is 427 g/mol. The summed E-state index contributed by atoms with van der Waals surface area (Å²) in [6.45, 7) is 0. The van der Waals surface area contributed by atoms with Gasteiger partial charge in [0, 0.05) is 30.3 Å². The van der Waals surface area contributed by atoms with E-state index in [1.807, 2.05) is 6.07 Å². The fourth-order valence-electron chi connectivity index (χ4n) is 3.05. The molecule has 0 saturated carbocycles. The second kappa shape index (κ2) is 7.35. The van der Waals surface area contributed by atoms with E-state index in [4.69, 9.17) is 9.47 Å². The summed E-state index contributed by atoms with van der Waals surface area (Å²) < 4.78 is 34.4. The molecule has 2 aliphatic heterocycles. The Balaban J connectivity index is 1.74. The van der Waals surface area contributed by atoms with Gasteiger partial charge in [0.1, 0.15) is 6.21 Å². The summed E-state index contributed by atoms with van der Waals surface area (Å²) >= 11 is 0. The molecule has 1 unspecified atom stereocenters. The molecule has 30 heavy (non-hydrogen) atoms. The first-order valence-electron chi connectivity index (χ1n) is 8.79. The number of quaternary nitrogens is 1. The summed E-state index contributed by atoms with van der Waals surface area (Å²) in [6.07, 6.45) is 8.84. The minimum atomic E-state index is -3.43. The molecule has 1 aromatic heterocycles. The SMILES string of the molecule is COc1ccc(NC2=N[N+]3(c4cncc(S(C)(=O)=O)c4)C=CN=CC3=N2)cc1OC. The Labute approximate surface area is 173 Å². The number of fused-ring (bicyclic) bond motifs is 1. The highest BCUT2D eigenvalue weighted by atomic mass is 32.2. The Hall–Kier alpha value is -3.57. The third-order valence-corrected chi connectivity index (χ3v) is 5.62. The molecule has 3 heterocycles. The van der Waals surface area contributed by atoms with Crippen LogP contribution in [-0.2, 0) is 9.84 Å². The molecule has 0 spiro atoms. The number of sulfone groups is 1. The standard InChI is InChI=1S/C19H19N6O4S/c1-28-16-5-4-13(8-17(16)29-2)22-19-23-18-12-20-6-7-25(18,24-19)14-9-15(11-21-10-14)30(3,26)27/h4-12H,1-3H3,(H,22,24)/q+1. The first-order valence-corrected chi connectivity index (χ1v) is 10.7. The van der Waals surface area contributed by atoms with Gasteiger partial charge in [-0.15, -0.1) is 0 Å². The van der Waals surface area contributed by atoms with Crippen LogP contribution < -0.4 is 19.4 Å². The van der Waals surface area contributed by atoms with Crippen molar-refractivity contribution in [1.29, 1.82) is 0 Å². The van der Waals surface area contributed by atoms with Crippen LogP contribution in [0.25, 0.3) is 0 Å². The number of aromatic nitrogens is 1. The van der Waals surface area contributed by atoms with E-state index in [-0.39, 0.29) is 9.49 Å². The molecule has 0 amide bonds. The maximum absolute atomic E-state index is 12.0. The van der Waals surface area contributed by atoms with E-state index in [0.29, 0.717) is 34.7 Å². The predicted molar refractivity (Wildman–Crippen MR) is 115 cm³/mol. The fourth-order valence-corrected chi connectivity index (χ4v) is 3.63. The molecule has 0 bridgehead atoms. The van der Waals surface area contributed by atoms with Gasteiger partial charge in [-0.05, 0) is 17.2 Å². The molecule has 0 saturated heterocycles. The van der Waals surface area contributed by atoms with Gasteiger partial charge in [0.15, 0.2) is 33.2 Å². The lowest BCUT2D eigenvalue weighted by molar-refractivity contribution is 0.355. The summed E-state index contributed by atoms with van der Waals surface area (Å²) in [6, 6.07) is 6.87. The van der Waals surface area contributed by atoms with Crippen molar-refractivity contribution in [3.8, 4) is 11.5 Å². The minimum Gasteiger partial charge on any atom is -0.493 e. The number of hydrogen-bond donors (Lipinski definition) is 1. The molecule has 1 aromatic carbocycles. The topological polar surface area (TPSA) is 115 Å². The zero-order valence-electron chi connectivity index (χ0n) is 16.5. The van der Waals surface area contributed by atoms with E-state index in [1.54, 1.807) is 51.2 Å². The van der Waals surface area contributed by atoms with Gasteiger partial charge in [-0.25, -0.2) is 8.42 Å². The number of methoxy groups -OCH3 is 2. The first kappa shape index (κ1) is 19.7. The van der Waals surface area contributed by atoms with Crippen molar-refractivity contribution in [2.24, 2.45) is 15.1 Å². The number of ether oxygens (including phenoxy) is 2. The molecule has 11 heteroatoms. The number of hydrogen-bond acceptors (Lipinski definition) is 9. The third kappa shape index (κ3) is 3.44. The highest BCUT2D eigenvalue weighted by Gasteiger charge is 2.43. The molecule has 4 rings (SSSR count). The van der Waals surface area contributed by atoms with Crippen molar-refractivity contribution in [2.45, 2.75) is 4.90 Å². The van der Waals surface area contributed by atoms with Crippen molar-refractivity contribution in [1.82, 2.24) is 9.58 Å². The lowest BCUT2D eigenvalue weighted by Gasteiger charge is -2.23. The van der Waals surface area contributed by atoms with Crippen LogP contribution >= 0.6 is 0 Å². The second-order valence-corrected chi connectivity index (χ2v) is 8.52. The van der Waals surface area contributed by atoms with Crippen LogP contribution in [0.15, 0.2) is 69.0 Å². The maximum atomic E-state index is 12.0. The Morgan fingerprint density at radius 3 is 2.60 bits per heavy atom. The van der Waals surface area contributed by atoms with Crippen molar-refractivity contribution < 1.29 is 17.9 Å². The predicted octanol–water partition coefficient (Wildman–Crippen LogP) is 2.16. The Morgan fingerprint density at radius 2 is 1.87 bits per heavy atom. The number of pyridine rings is 1. The third-order valence-electron chi connectivity index (χ3n) is 4.54. The Bertz CT molecular complexity index is 1240. The Kier molecular flexibility index (Phi) is 4.84. The summed E-state index contributed by atoms with van der Waals surface area (Å²) in [5, 5.41) is 7.82. The largest absolute Gasteiger partial charge is 0.493 e. The van der Waals surface area contributed by atoms with Crippen LogP contribution in [0.4, 0.5) is 11.4 Å². The van der Waals surface area contributed by atoms with Gasteiger partial charge in [0.25, 0.3) is 11.8 Å². The van der Waals surface area contributed by atoms with Gasteiger partial charge in [-0.3, -0.25) is 9.98 Å². The van der Waals surface area contributed by atoms with Gasteiger partial charge in [-0.2, -0.15) is 4.99 Å². The van der Waals surface area contributed by atoms with Gasteiger partial charge >= 0.3 is 0 Å². The second-order valence-electron chi connectivity index (χ2n) is 6.50. The van der Waals surface area contributed by atoms with Crippen LogP contribution in [0, 0.1) is 0 Å². The zero-order valence-corrected chi connectivity index (χ0v) is 17.3. The van der Waals surface area contributed by atoms with E-state index < -0.39 is 9.84 Å². The van der Waals surface area contributed by atoms with Gasteiger partial charge in [0.2, 0.25) is 0 Å². The number of aliphatic imine (C=N–C) groups is 2. The minimum absolute atomic E-state index is 0.0965. The van der Waals surface area contributed by atoms with Crippen molar-refractivity contribution >= 4 is 39.2 Å². The number of rotatable bonds is 5. The molecule has 1 atom stereocenters. The van der Waals surface area contributed by atoms with E-state index in [1.165, 1.54) is 12.3 Å². The molecule has 2 aliphatic rings. The molecule has 0 radical (unpaired) electrons. The van der Waals surface area contributed by atoms with Crippen LogP contribution in [-0.4, -0.2) is 51.9 Å². The van der Waals surface area contributed by atoms with Crippen LogP contribution in [0.1, 0.15) is 0 Å². The molecule has 0 aliphatic carbocycles. The van der Waals surface area contributed by atoms with E-state index >= 15 is 0 Å². The van der Waals surface area contributed by atoms with Crippen molar-refractivity contribution in [2.75, 3.05) is 25.8 Å². The molecular weight excluding hydrogens is 408 g/mol. The number of nitrogens with zero attached hydrogens (tertiary/aromatic N) is 5. The Morgan fingerprint density at radius 1 is 1.07 bits per heavy atom. The summed E-state index contributed by atoms with van der Waals surface area (Å²) in [7, 11) is -0.315. The summed E-state index contributed by atoms with van der Waals surface area (Å²) in [4.78, 5) is 12.8. The number of anilines is 1. The first-order chi connectivity index (χ1) is 14.4.